The number of imidazole rings is 1. The van der Waals surface area contributed by atoms with Crippen LogP contribution in [0, 0.1) is 19.7 Å². The number of ether oxygens (including phenoxy) is 2. The fourth-order valence-electron chi connectivity index (χ4n) is 5.59. The molecule has 5 aromatic rings. The molecule has 0 N–H and O–H groups in total. The Morgan fingerprint density at radius 1 is 1.11 bits per heavy atom. The fourth-order valence-corrected chi connectivity index (χ4v) is 6.89. The Bertz CT molecular complexity index is 2050. The quantitative estimate of drug-likeness (QED) is 0.234. The van der Waals surface area contributed by atoms with Gasteiger partial charge in [-0.3, -0.25) is 9.36 Å². The van der Waals surface area contributed by atoms with Gasteiger partial charge in [0.2, 0.25) is 0 Å². The minimum atomic E-state index is -0.662. The molecule has 1 atom stereocenters. The van der Waals surface area contributed by atoms with Crippen molar-refractivity contribution in [3.05, 3.63) is 92.9 Å². The average molecular weight is 632 g/mol. The van der Waals surface area contributed by atoms with Gasteiger partial charge in [0.25, 0.3) is 5.56 Å². The number of rotatable bonds is 6. The van der Waals surface area contributed by atoms with E-state index in [0.29, 0.717) is 34.5 Å². The molecule has 10 nitrogen and oxygen atoms in total. The van der Waals surface area contributed by atoms with Gasteiger partial charge in [-0.15, -0.1) is 11.3 Å². The minimum Gasteiger partial charge on any atom is -0.495 e. The van der Waals surface area contributed by atoms with Crippen LogP contribution in [0.5, 0.6) is 5.75 Å². The van der Waals surface area contributed by atoms with Crippen molar-refractivity contribution >= 4 is 27.6 Å². The number of aromatic nitrogens is 4. The normalized spacial score (nSPS) is 14.9. The van der Waals surface area contributed by atoms with E-state index in [0.717, 1.165) is 26.4 Å². The predicted octanol–water partition coefficient (Wildman–Crippen LogP) is 5.84. The van der Waals surface area contributed by atoms with Crippen LogP contribution in [0.3, 0.4) is 0 Å². The van der Waals surface area contributed by atoms with Crippen LogP contribution in [0.4, 0.5) is 9.18 Å². The molecule has 12 heteroatoms. The zero-order chi connectivity index (χ0) is 32.2. The van der Waals surface area contributed by atoms with E-state index in [2.05, 4.69) is 4.98 Å². The van der Waals surface area contributed by atoms with Crippen LogP contribution in [0.1, 0.15) is 38.4 Å². The van der Waals surface area contributed by atoms with Gasteiger partial charge in [0, 0.05) is 24.2 Å². The second-order valence-corrected chi connectivity index (χ2v) is 13.2. The van der Waals surface area contributed by atoms with E-state index in [1.165, 1.54) is 35.6 Å². The van der Waals surface area contributed by atoms with Crippen molar-refractivity contribution in [2.24, 2.45) is 0 Å². The third-order valence-corrected chi connectivity index (χ3v) is 9.26. The molecule has 0 radical (unpaired) electrons. The van der Waals surface area contributed by atoms with E-state index < -0.39 is 28.8 Å². The van der Waals surface area contributed by atoms with Gasteiger partial charge >= 0.3 is 11.8 Å². The first kappa shape index (κ1) is 30.3. The molecule has 2 aromatic carbocycles. The summed E-state index contributed by atoms with van der Waals surface area (Å²) in [7, 11) is 1.60. The summed E-state index contributed by atoms with van der Waals surface area (Å²) in [6.07, 6.45) is 3.85. The SMILES string of the molecule is COc1cc(-c2sc3c(c2C)c(=O)n(-c2ccc(F)cc2)c(=O)n3C[C@@H]2CCN2C(=O)OC(C)(C)C)ccc1-n1cnc(C)c1. The summed E-state index contributed by atoms with van der Waals surface area (Å²) >= 11 is 1.34. The Morgan fingerprint density at radius 3 is 2.44 bits per heavy atom. The van der Waals surface area contributed by atoms with E-state index in [1.54, 1.807) is 43.7 Å². The third kappa shape index (κ3) is 5.54. The second kappa shape index (κ2) is 11.3. The van der Waals surface area contributed by atoms with Crippen molar-refractivity contribution in [1.29, 1.82) is 0 Å². The molecule has 1 aliphatic rings. The van der Waals surface area contributed by atoms with Crippen LogP contribution in [-0.2, 0) is 11.3 Å². The number of thiophene rings is 1. The van der Waals surface area contributed by atoms with Crippen LogP contribution in [0.25, 0.3) is 32.0 Å². The predicted molar refractivity (Wildman–Crippen MR) is 172 cm³/mol. The first-order valence-corrected chi connectivity index (χ1v) is 15.4. The smallest absolute Gasteiger partial charge is 0.410 e. The summed E-state index contributed by atoms with van der Waals surface area (Å²) in [4.78, 5) is 48.3. The first-order chi connectivity index (χ1) is 21.4. The Kier molecular flexibility index (Phi) is 7.64. The molecule has 0 unspecified atom stereocenters. The van der Waals surface area contributed by atoms with Gasteiger partial charge in [-0.1, -0.05) is 6.07 Å². The monoisotopic (exact) mass is 631 g/mol. The Hall–Kier alpha value is -4.71. The number of likely N-dealkylation sites (tertiary alicyclic amines) is 1. The summed E-state index contributed by atoms with van der Waals surface area (Å²) in [5.74, 6) is 0.137. The van der Waals surface area contributed by atoms with Gasteiger partial charge in [0.05, 0.1) is 41.9 Å². The van der Waals surface area contributed by atoms with Gasteiger partial charge < -0.3 is 18.9 Å². The summed E-state index contributed by atoms with van der Waals surface area (Å²) in [5, 5.41) is 0.385. The maximum absolute atomic E-state index is 14.1. The zero-order valence-electron chi connectivity index (χ0n) is 26.0. The molecule has 1 aliphatic heterocycles. The first-order valence-electron chi connectivity index (χ1n) is 14.6. The molecule has 0 aliphatic carbocycles. The van der Waals surface area contributed by atoms with E-state index in [1.807, 2.05) is 42.8 Å². The lowest BCUT2D eigenvalue weighted by molar-refractivity contribution is -0.00826. The lowest BCUT2D eigenvalue weighted by Crippen LogP contribution is -2.55. The molecule has 3 aromatic heterocycles. The highest BCUT2D eigenvalue weighted by molar-refractivity contribution is 7.22. The lowest BCUT2D eigenvalue weighted by Gasteiger charge is -2.41. The van der Waals surface area contributed by atoms with E-state index in [-0.39, 0.29) is 18.3 Å². The highest BCUT2D eigenvalue weighted by Crippen LogP contribution is 2.39. The van der Waals surface area contributed by atoms with Crippen molar-refractivity contribution in [3.8, 4) is 27.6 Å². The average Bonchev–Trinajstić information content (AvgIpc) is 3.55. The van der Waals surface area contributed by atoms with Crippen LogP contribution in [0.2, 0.25) is 0 Å². The zero-order valence-corrected chi connectivity index (χ0v) is 26.8. The van der Waals surface area contributed by atoms with Gasteiger partial charge in [0.15, 0.2) is 0 Å². The number of hydrogen-bond acceptors (Lipinski definition) is 7. The van der Waals surface area contributed by atoms with Crippen LogP contribution >= 0.6 is 11.3 Å². The second-order valence-electron chi connectivity index (χ2n) is 12.2. The largest absolute Gasteiger partial charge is 0.495 e. The Morgan fingerprint density at radius 2 is 1.84 bits per heavy atom. The highest BCUT2D eigenvalue weighted by Gasteiger charge is 2.36. The number of carbonyl (C=O) groups is 1. The Balaban J connectivity index is 1.51. The van der Waals surface area contributed by atoms with Gasteiger partial charge in [0.1, 0.15) is 22.0 Å². The molecule has 1 amide bonds. The molecule has 234 valence electrons. The van der Waals surface area contributed by atoms with Crippen molar-refractivity contribution in [3.63, 3.8) is 0 Å². The number of benzene rings is 2. The van der Waals surface area contributed by atoms with Crippen molar-refractivity contribution in [1.82, 2.24) is 23.6 Å². The molecule has 0 spiro atoms. The molecular weight excluding hydrogens is 597 g/mol. The minimum absolute atomic E-state index is 0.164. The van der Waals surface area contributed by atoms with Crippen LogP contribution < -0.4 is 16.0 Å². The van der Waals surface area contributed by atoms with Gasteiger partial charge in [-0.25, -0.2) is 23.5 Å². The summed E-state index contributed by atoms with van der Waals surface area (Å²) in [5.41, 5.74) is 1.74. The number of carbonyl (C=O) groups excluding carboxylic acids is 1. The van der Waals surface area contributed by atoms with E-state index in [9.17, 15) is 18.8 Å². The van der Waals surface area contributed by atoms with Crippen molar-refractivity contribution in [2.75, 3.05) is 13.7 Å². The highest BCUT2D eigenvalue weighted by atomic mass is 32.1. The topological polar surface area (TPSA) is 101 Å². The molecule has 0 saturated carbocycles. The number of fused-ring (bicyclic) bond motifs is 1. The molecule has 1 fully saturated rings. The number of nitrogens with zero attached hydrogens (tertiary/aromatic N) is 5. The van der Waals surface area contributed by atoms with Crippen LogP contribution in [-0.4, -0.2) is 55.0 Å². The van der Waals surface area contributed by atoms with Gasteiger partial charge in [-0.05, 0) is 88.6 Å². The summed E-state index contributed by atoms with van der Waals surface area (Å²) < 4.78 is 29.7. The summed E-state index contributed by atoms with van der Waals surface area (Å²) in [6.45, 7) is 9.85. The summed E-state index contributed by atoms with van der Waals surface area (Å²) in [6, 6.07) is 10.7. The molecule has 6 rings (SSSR count). The van der Waals surface area contributed by atoms with Crippen molar-refractivity contribution < 1.29 is 18.7 Å². The molecular formula is C33H34FN5O5S. The van der Waals surface area contributed by atoms with E-state index >= 15 is 0 Å². The number of methoxy groups -OCH3 is 1. The molecule has 45 heavy (non-hydrogen) atoms. The van der Waals surface area contributed by atoms with Gasteiger partial charge in [-0.2, -0.15) is 0 Å². The van der Waals surface area contributed by atoms with Crippen LogP contribution in [0.15, 0.2) is 64.6 Å². The molecule has 4 heterocycles. The Labute approximate surface area is 262 Å². The van der Waals surface area contributed by atoms with Crippen molar-refractivity contribution in [2.45, 2.75) is 59.2 Å². The lowest BCUT2D eigenvalue weighted by atomic mass is 10.0. The number of halogens is 1. The fraction of sp³-hybridized carbons (Fsp3) is 0.333. The van der Waals surface area contributed by atoms with E-state index in [4.69, 9.17) is 9.47 Å². The molecule has 0 bridgehead atoms. The third-order valence-electron chi connectivity index (χ3n) is 7.89. The standard InChI is InChI=1S/C33H34FN5O5S/c1-19-16-36(18-35-19)25-12-7-21(15-26(25)43-6)28-20(2)27-29(40)39(23-10-8-22(34)9-11-23)31(41)38(30(27)45-28)17-24-13-14-37(24)32(42)44-33(3,4)5/h7-12,15-16,18,24H,13-14,17H2,1-6H3/t24-/m0/s1. The maximum Gasteiger partial charge on any atom is 0.410 e. The number of aryl methyl sites for hydroxylation is 2. The maximum atomic E-state index is 14.1. The molecule has 1 saturated heterocycles. The number of amides is 1. The number of hydrogen-bond donors (Lipinski definition) is 0.